The molecule has 2 aromatic rings. The van der Waals surface area contributed by atoms with Gasteiger partial charge >= 0.3 is 6.18 Å². The van der Waals surface area contributed by atoms with Gasteiger partial charge < -0.3 is 11.1 Å². The van der Waals surface area contributed by atoms with Crippen molar-refractivity contribution in [3.05, 3.63) is 56.8 Å². The first-order chi connectivity index (χ1) is 13.7. The summed E-state index contributed by atoms with van der Waals surface area (Å²) in [6.45, 7) is 1.84. The van der Waals surface area contributed by atoms with Crippen LogP contribution < -0.4 is 11.1 Å². The van der Waals surface area contributed by atoms with Crippen LogP contribution in [0.2, 0.25) is 0 Å². The lowest BCUT2D eigenvalue weighted by molar-refractivity contribution is -0.138. The molecule has 0 aliphatic heterocycles. The summed E-state index contributed by atoms with van der Waals surface area (Å²) in [6, 6.07) is 6.62. The van der Waals surface area contributed by atoms with Crippen LogP contribution in [0.3, 0.4) is 0 Å². The number of hydrogen-bond acceptors (Lipinski definition) is 3. The fourth-order valence-corrected chi connectivity index (χ4v) is 4.77. The second kappa shape index (κ2) is 8.57. The molecular formula is C21H23F3N2O2S. The van der Waals surface area contributed by atoms with Gasteiger partial charge in [0, 0.05) is 21.4 Å². The number of carbonyl (C=O) groups excluding carboxylic acids is 2. The first kappa shape index (κ1) is 21.4. The minimum absolute atomic E-state index is 0.0287. The Morgan fingerprint density at radius 2 is 1.83 bits per heavy atom. The van der Waals surface area contributed by atoms with E-state index in [1.165, 1.54) is 23.5 Å². The van der Waals surface area contributed by atoms with Crippen molar-refractivity contribution in [3.8, 4) is 0 Å². The lowest BCUT2D eigenvalue weighted by Gasteiger charge is -2.26. The standard InChI is InChI=1S/C21H23F3N2O2S/c1-12-7-10-17(29-12)18(20(28)26-14-5-3-2-4-6-14)15-9-8-13(19(25)27)11-16(15)21(22,23)24/h7-11,14,18H,2-6H2,1H3,(H2,25,27)(H,26,28). The molecule has 29 heavy (non-hydrogen) atoms. The predicted octanol–water partition coefficient (Wildman–Crippen LogP) is 4.76. The number of halogens is 3. The molecule has 1 atom stereocenters. The summed E-state index contributed by atoms with van der Waals surface area (Å²) in [6.07, 6.45) is 0.0240. The quantitative estimate of drug-likeness (QED) is 0.727. The second-order valence-corrected chi connectivity index (χ2v) is 8.71. The molecule has 1 aliphatic carbocycles. The average molecular weight is 424 g/mol. The summed E-state index contributed by atoms with van der Waals surface area (Å²) < 4.78 is 41.4. The summed E-state index contributed by atoms with van der Waals surface area (Å²) in [5.41, 5.74) is 3.75. The molecule has 3 rings (SSSR count). The van der Waals surface area contributed by atoms with Crippen molar-refractivity contribution in [1.82, 2.24) is 5.32 Å². The third kappa shape index (κ3) is 4.98. The first-order valence-corrected chi connectivity index (χ1v) is 10.4. The number of benzene rings is 1. The summed E-state index contributed by atoms with van der Waals surface area (Å²) in [4.78, 5) is 26.0. The molecular weight excluding hydrogens is 401 g/mol. The minimum atomic E-state index is -4.73. The average Bonchev–Trinajstić information content (AvgIpc) is 3.07. The van der Waals surface area contributed by atoms with Gasteiger partial charge in [-0.2, -0.15) is 13.2 Å². The third-order valence-corrected chi connectivity index (χ3v) is 6.28. The van der Waals surface area contributed by atoms with Gasteiger partial charge in [0.15, 0.2) is 0 Å². The molecule has 2 amide bonds. The van der Waals surface area contributed by atoms with E-state index in [1.807, 2.05) is 6.92 Å². The number of hydrogen-bond donors (Lipinski definition) is 2. The topological polar surface area (TPSA) is 72.2 Å². The van der Waals surface area contributed by atoms with Crippen LogP contribution >= 0.6 is 11.3 Å². The van der Waals surface area contributed by atoms with E-state index < -0.39 is 29.5 Å². The van der Waals surface area contributed by atoms with E-state index in [1.54, 1.807) is 12.1 Å². The lowest BCUT2D eigenvalue weighted by atomic mass is 9.89. The number of primary amides is 1. The Labute approximate surface area is 171 Å². The molecule has 0 radical (unpaired) electrons. The molecule has 1 fully saturated rings. The Bertz CT molecular complexity index is 902. The van der Waals surface area contributed by atoms with Crippen LogP contribution in [0.1, 0.15) is 69.3 Å². The molecule has 0 saturated heterocycles. The van der Waals surface area contributed by atoms with Gasteiger partial charge in [-0.1, -0.05) is 25.3 Å². The number of aryl methyl sites for hydroxylation is 1. The number of nitrogens with two attached hydrogens (primary N) is 1. The van der Waals surface area contributed by atoms with Gasteiger partial charge in [-0.3, -0.25) is 9.59 Å². The smallest absolute Gasteiger partial charge is 0.366 e. The zero-order chi connectivity index (χ0) is 21.2. The first-order valence-electron chi connectivity index (χ1n) is 9.54. The fraction of sp³-hybridized carbons (Fsp3) is 0.429. The lowest BCUT2D eigenvalue weighted by Crippen LogP contribution is -2.39. The Kier molecular flexibility index (Phi) is 6.31. The van der Waals surface area contributed by atoms with Crippen molar-refractivity contribution in [2.75, 3.05) is 0 Å². The van der Waals surface area contributed by atoms with Crippen molar-refractivity contribution in [2.45, 2.75) is 57.2 Å². The summed E-state index contributed by atoms with van der Waals surface area (Å²) >= 11 is 1.29. The van der Waals surface area contributed by atoms with Crippen molar-refractivity contribution >= 4 is 23.2 Å². The normalized spacial score (nSPS) is 16.4. The van der Waals surface area contributed by atoms with Crippen LogP contribution in [0.25, 0.3) is 0 Å². The highest BCUT2D eigenvalue weighted by molar-refractivity contribution is 7.12. The number of carbonyl (C=O) groups is 2. The van der Waals surface area contributed by atoms with E-state index in [4.69, 9.17) is 5.73 Å². The molecule has 1 unspecified atom stereocenters. The number of alkyl halides is 3. The van der Waals surface area contributed by atoms with Crippen LogP contribution in [0.4, 0.5) is 13.2 Å². The second-order valence-electron chi connectivity index (χ2n) is 7.39. The highest BCUT2D eigenvalue weighted by atomic mass is 32.1. The molecule has 8 heteroatoms. The maximum Gasteiger partial charge on any atom is 0.416 e. The zero-order valence-corrected chi connectivity index (χ0v) is 16.8. The molecule has 1 heterocycles. The summed E-state index contributed by atoms with van der Waals surface area (Å²) in [5, 5.41) is 2.95. The van der Waals surface area contributed by atoms with Gasteiger partial charge in [0.25, 0.3) is 0 Å². The van der Waals surface area contributed by atoms with Crippen LogP contribution in [-0.2, 0) is 11.0 Å². The van der Waals surface area contributed by atoms with Crippen LogP contribution in [0, 0.1) is 6.92 Å². The van der Waals surface area contributed by atoms with E-state index >= 15 is 0 Å². The van der Waals surface area contributed by atoms with Crippen molar-refractivity contribution in [2.24, 2.45) is 5.73 Å². The number of thiophene rings is 1. The molecule has 3 N–H and O–H groups in total. The molecule has 156 valence electrons. The largest absolute Gasteiger partial charge is 0.416 e. The third-order valence-electron chi connectivity index (χ3n) is 5.21. The summed E-state index contributed by atoms with van der Waals surface area (Å²) in [5.74, 6) is -2.50. The zero-order valence-electron chi connectivity index (χ0n) is 16.0. The van der Waals surface area contributed by atoms with Gasteiger partial charge in [0.1, 0.15) is 0 Å². The van der Waals surface area contributed by atoms with E-state index in [9.17, 15) is 22.8 Å². The van der Waals surface area contributed by atoms with E-state index in [0.717, 1.165) is 43.0 Å². The van der Waals surface area contributed by atoms with Crippen LogP contribution in [0.15, 0.2) is 30.3 Å². The maximum absolute atomic E-state index is 13.8. The minimum Gasteiger partial charge on any atom is -0.366 e. The van der Waals surface area contributed by atoms with Crippen LogP contribution in [-0.4, -0.2) is 17.9 Å². The van der Waals surface area contributed by atoms with Crippen molar-refractivity contribution in [1.29, 1.82) is 0 Å². The fourth-order valence-electron chi connectivity index (χ4n) is 3.77. The Balaban J connectivity index is 2.06. The highest BCUT2D eigenvalue weighted by Crippen LogP contribution is 2.40. The number of rotatable bonds is 5. The summed E-state index contributed by atoms with van der Waals surface area (Å²) in [7, 11) is 0. The van der Waals surface area contributed by atoms with E-state index in [2.05, 4.69) is 5.32 Å². The molecule has 0 spiro atoms. The maximum atomic E-state index is 13.8. The Morgan fingerprint density at radius 1 is 1.14 bits per heavy atom. The molecule has 1 saturated carbocycles. The molecule has 1 aromatic heterocycles. The predicted molar refractivity (Wildman–Crippen MR) is 106 cm³/mol. The molecule has 4 nitrogen and oxygen atoms in total. The SMILES string of the molecule is Cc1ccc(C(C(=O)NC2CCCCC2)c2ccc(C(N)=O)cc2C(F)(F)F)s1. The van der Waals surface area contributed by atoms with E-state index in [0.29, 0.717) is 4.88 Å². The Hall–Kier alpha value is -2.35. The van der Waals surface area contributed by atoms with Gasteiger partial charge in [-0.25, -0.2) is 0 Å². The van der Waals surface area contributed by atoms with Crippen LogP contribution in [0.5, 0.6) is 0 Å². The number of amides is 2. The molecule has 1 aliphatic rings. The van der Waals surface area contributed by atoms with Gasteiger partial charge in [-0.15, -0.1) is 11.3 Å². The highest BCUT2D eigenvalue weighted by Gasteiger charge is 2.39. The van der Waals surface area contributed by atoms with Crippen molar-refractivity contribution in [3.63, 3.8) is 0 Å². The molecule has 0 bridgehead atoms. The Morgan fingerprint density at radius 3 is 2.38 bits per heavy atom. The monoisotopic (exact) mass is 424 g/mol. The number of nitrogens with one attached hydrogen (secondary N) is 1. The molecule has 1 aromatic carbocycles. The van der Waals surface area contributed by atoms with Gasteiger partial charge in [-0.05, 0) is 49.6 Å². The van der Waals surface area contributed by atoms with E-state index in [-0.39, 0.29) is 17.2 Å². The van der Waals surface area contributed by atoms with Crippen molar-refractivity contribution < 1.29 is 22.8 Å². The van der Waals surface area contributed by atoms with Gasteiger partial charge in [0.2, 0.25) is 11.8 Å². The van der Waals surface area contributed by atoms with Gasteiger partial charge in [0.05, 0.1) is 11.5 Å².